The van der Waals surface area contributed by atoms with Gasteiger partial charge in [0.25, 0.3) is 0 Å². The van der Waals surface area contributed by atoms with E-state index in [-0.39, 0.29) is 24.4 Å². The summed E-state index contributed by atoms with van der Waals surface area (Å²) in [5.74, 6) is -1.57. The molecule has 164 valence electrons. The Morgan fingerprint density at radius 1 is 1.06 bits per heavy atom. The largest absolute Gasteiger partial charge is 0.481 e. The molecule has 1 aliphatic carbocycles. The lowest BCUT2D eigenvalue weighted by atomic mass is 9.99. The molecule has 0 aromatic heterocycles. The summed E-state index contributed by atoms with van der Waals surface area (Å²) in [6.45, 7) is 0.298. The molecule has 2 aromatic carbocycles. The SMILES string of the molecule is O=C(O)C1Cc2cccc(S(=O)(=O)N3CC=C(c4ccc(C(F)(F)F)cc4)CC3)c2C1. The van der Waals surface area contributed by atoms with Crippen LogP contribution in [0.4, 0.5) is 13.2 Å². The van der Waals surface area contributed by atoms with E-state index in [0.29, 0.717) is 24.0 Å². The monoisotopic (exact) mass is 451 g/mol. The van der Waals surface area contributed by atoms with Crippen molar-refractivity contribution in [2.24, 2.45) is 5.92 Å². The fraction of sp³-hybridized carbons (Fsp3) is 0.318. The zero-order chi connectivity index (χ0) is 22.4. The van der Waals surface area contributed by atoms with Gasteiger partial charge >= 0.3 is 12.1 Å². The van der Waals surface area contributed by atoms with E-state index in [0.717, 1.165) is 23.3 Å². The highest BCUT2D eigenvalue weighted by atomic mass is 32.2. The van der Waals surface area contributed by atoms with Gasteiger partial charge in [-0.2, -0.15) is 17.5 Å². The third-order valence-corrected chi connectivity index (χ3v) is 7.82. The number of nitrogens with zero attached hydrogens (tertiary/aromatic N) is 1. The van der Waals surface area contributed by atoms with Crippen molar-refractivity contribution in [1.29, 1.82) is 0 Å². The first kappa shape index (κ1) is 21.6. The van der Waals surface area contributed by atoms with Crippen molar-refractivity contribution in [2.75, 3.05) is 13.1 Å². The Morgan fingerprint density at radius 3 is 2.35 bits per heavy atom. The summed E-state index contributed by atoms with van der Waals surface area (Å²) >= 11 is 0. The molecular weight excluding hydrogens is 431 g/mol. The van der Waals surface area contributed by atoms with Crippen LogP contribution in [0.25, 0.3) is 5.57 Å². The number of sulfonamides is 1. The van der Waals surface area contributed by atoms with E-state index in [1.807, 2.05) is 0 Å². The molecule has 0 amide bonds. The average Bonchev–Trinajstić information content (AvgIpc) is 3.18. The summed E-state index contributed by atoms with van der Waals surface area (Å²) in [6, 6.07) is 9.73. The van der Waals surface area contributed by atoms with Crippen LogP contribution in [0, 0.1) is 5.92 Å². The summed E-state index contributed by atoms with van der Waals surface area (Å²) in [5.41, 5.74) is 2.01. The third-order valence-electron chi connectivity index (χ3n) is 5.87. The molecule has 2 aromatic rings. The number of fused-ring (bicyclic) bond motifs is 1. The first-order chi connectivity index (χ1) is 14.6. The molecule has 9 heteroatoms. The van der Waals surface area contributed by atoms with E-state index in [4.69, 9.17) is 0 Å². The molecule has 1 heterocycles. The van der Waals surface area contributed by atoms with Gasteiger partial charge in [0, 0.05) is 13.1 Å². The second-order valence-corrected chi connectivity index (χ2v) is 9.66. The third kappa shape index (κ3) is 4.12. The molecule has 2 aliphatic rings. The van der Waals surface area contributed by atoms with Crippen LogP contribution in [0.15, 0.2) is 53.4 Å². The lowest BCUT2D eigenvalue weighted by molar-refractivity contribution is -0.141. The number of alkyl halides is 3. The summed E-state index contributed by atoms with van der Waals surface area (Å²) < 4.78 is 66.1. The second-order valence-electron chi connectivity index (χ2n) is 7.75. The molecule has 1 N–H and O–H groups in total. The number of halogens is 3. The van der Waals surface area contributed by atoms with Crippen molar-refractivity contribution in [3.05, 3.63) is 70.8 Å². The quantitative estimate of drug-likeness (QED) is 0.763. The molecule has 5 nitrogen and oxygen atoms in total. The van der Waals surface area contributed by atoms with E-state index in [2.05, 4.69) is 0 Å². The molecule has 0 radical (unpaired) electrons. The fourth-order valence-corrected chi connectivity index (χ4v) is 5.83. The van der Waals surface area contributed by atoms with Crippen LogP contribution in [-0.4, -0.2) is 36.9 Å². The van der Waals surface area contributed by atoms with Gasteiger partial charge in [-0.15, -0.1) is 0 Å². The topological polar surface area (TPSA) is 74.7 Å². The molecule has 1 atom stereocenters. The first-order valence-corrected chi connectivity index (χ1v) is 11.2. The van der Waals surface area contributed by atoms with Gasteiger partial charge in [0.15, 0.2) is 0 Å². The number of benzene rings is 2. The van der Waals surface area contributed by atoms with Crippen LogP contribution in [0.2, 0.25) is 0 Å². The Hall–Kier alpha value is -2.65. The maximum atomic E-state index is 13.2. The molecule has 31 heavy (non-hydrogen) atoms. The van der Waals surface area contributed by atoms with Gasteiger partial charge in [-0.3, -0.25) is 4.79 Å². The van der Waals surface area contributed by atoms with Crippen molar-refractivity contribution in [3.8, 4) is 0 Å². The van der Waals surface area contributed by atoms with Gasteiger partial charge in [0.1, 0.15) is 0 Å². The highest BCUT2D eigenvalue weighted by molar-refractivity contribution is 7.89. The lowest BCUT2D eigenvalue weighted by Crippen LogP contribution is -2.35. The minimum Gasteiger partial charge on any atom is -0.481 e. The number of carboxylic acids is 1. The average molecular weight is 451 g/mol. The lowest BCUT2D eigenvalue weighted by Gasteiger charge is -2.27. The molecule has 0 saturated carbocycles. The summed E-state index contributed by atoms with van der Waals surface area (Å²) in [6.07, 6.45) is -1.82. The van der Waals surface area contributed by atoms with Crippen LogP contribution in [0.3, 0.4) is 0 Å². The normalized spacial score (nSPS) is 19.7. The maximum absolute atomic E-state index is 13.2. The Kier molecular flexibility index (Phi) is 5.43. The van der Waals surface area contributed by atoms with Gasteiger partial charge in [-0.25, -0.2) is 8.42 Å². The Balaban J connectivity index is 1.55. The molecule has 4 rings (SSSR count). The van der Waals surface area contributed by atoms with Crippen LogP contribution >= 0.6 is 0 Å². The summed E-state index contributed by atoms with van der Waals surface area (Å²) in [4.78, 5) is 11.5. The molecule has 0 spiro atoms. The van der Waals surface area contributed by atoms with Crippen molar-refractivity contribution in [2.45, 2.75) is 30.3 Å². The number of hydrogen-bond donors (Lipinski definition) is 1. The fourth-order valence-electron chi connectivity index (χ4n) is 4.18. The summed E-state index contributed by atoms with van der Waals surface area (Å²) in [5, 5.41) is 9.30. The van der Waals surface area contributed by atoms with E-state index < -0.39 is 33.7 Å². The van der Waals surface area contributed by atoms with Crippen molar-refractivity contribution >= 4 is 21.6 Å². The Bertz CT molecular complexity index is 1150. The predicted molar refractivity (Wildman–Crippen MR) is 108 cm³/mol. The molecule has 1 unspecified atom stereocenters. The first-order valence-electron chi connectivity index (χ1n) is 9.78. The molecule has 1 aliphatic heterocycles. The van der Waals surface area contributed by atoms with Gasteiger partial charge in [0.05, 0.1) is 16.4 Å². The van der Waals surface area contributed by atoms with Crippen molar-refractivity contribution < 1.29 is 31.5 Å². The Morgan fingerprint density at radius 2 is 1.77 bits per heavy atom. The Labute approximate surface area is 177 Å². The van der Waals surface area contributed by atoms with Crippen LogP contribution in [0.5, 0.6) is 0 Å². The number of carbonyl (C=O) groups is 1. The molecular formula is C22H20F3NO4S. The molecule has 0 saturated heterocycles. The van der Waals surface area contributed by atoms with E-state index in [9.17, 15) is 31.5 Å². The number of aliphatic carboxylic acids is 1. The number of hydrogen-bond acceptors (Lipinski definition) is 3. The van der Waals surface area contributed by atoms with E-state index >= 15 is 0 Å². The van der Waals surface area contributed by atoms with Gasteiger partial charge in [-0.1, -0.05) is 30.3 Å². The maximum Gasteiger partial charge on any atom is 0.416 e. The van der Waals surface area contributed by atoms with Crippen molar-refractivity contribution in [1.82, 2.24) is 4.31 Å². The van der Waals surface area contributed by atoms with Crippen LogP contribution < -0.4 is 0 Å². The molecule has 0 bridgehead atoms. The highest BCUT2D eigenvalue weighted by Gasteiger charge is 2.35. The van der Waals surface area contributed by atoms with Crippen LogP contribution in [0.1, 0.15) is 28.7 Å². The van der Waals surface area contributed by atoms with E-state index in [1.54, 1.807) is 18.2 Å². The zero-order valence-electron chi connectivity index (χ0n) is 16.4. The standard InChI is InChI=1S/C22H20F3NO4S/c23-22(24,25)18-6-4-14(5-7-18)15-8-10-26(11-9-15)31(29,30)20-3-1-2-16-12-17(21(27)28)13-19(16)20/h1-8,17H,9-13H2,(H,27,28). The van der Waals surface area contributed by atoms with E-state index in [1.165, 1.54) is 22.5 Å². The minimum absolute atomic E-state index is 0.102. The zero-order valence-corrected chi connectivity index (χ0v) is 17.2. The van der Waals surface area contributed by atoms with Crippen molar-refractivity contribution in [3.63, 3.8) is 0 Å². The smallest absolute Gasteiger partial charge is 0.416 e. The van der Waals surface area contributed by atoms with Gasteiger partial charge in [0.2, 0.25) is 10.0 Å². The number of rotatable bonds is 4. The predicted octanol–water partition coefficient (Wildman–Crippen LogP) is 3.98. The van der Waals surface area contributed by atoms with Gasteiger partial charge < -0.3 is 5.11 Å². The van der Waals surface area contributed by atoms with Crippen LogP contribution in [-0.2, 0) is 33.8 Å². The number of carboxylic acid groups (broad SMARTS) is 1. The minimum atomic E-state index is -4.40. The highest BCUT2D eigenvalue weighted by Crippen LogP contribution is 2.35. The molecule has 0 fully saturated rings. The second kappa shape index (κ2) is 7.80. The summed E-state index contributed by atoms with van der Waals surface area (Å²) in [7, 11) is -3.82. The van der Waals surface area contributed by atoms with Gasteiger partial charge in [-0.05, 0) is 59.7 Å².